The van der Waals surface area contributed by atoms with Crippen LogP contribution in [0.25, 0.3) is 5.57 Å². The van der Waals surface area contributed by atoms with Crippen molar-refractivity contribution in [1.29, 1.82) is 0 Å². The van der Waals surface area contributed by atoms with Gasteiger partial charge in [0.25, 0.3) is 0 Å². The maximum Gasteiger partial charge on any atom is 0.0447 e. The fraction of sp³-hybridized carbons (Fsp3) is 0.300. The van der Waals surface area contributed by atoms with Gasteiger partial charge in [-0.25, -0.2) is 0 Å². The second kappa shape index (κ2) is 3.33. The Balaban J connectivity index is 3.14. The van der Waals surface area contributed by atoms with Crippen LogP contribution in [0, 0.1) is 6.92 Å². The topological polar surface area (TPSA) is 12.9 Å². The van der Waals surface area contributed by atoms with Gasteiger partial charge in [-0.1, -0.05) is 12.1 Å². The molecule has 0 fully saturated rings. The standard InChI is InChI=1S/C10H13N/c1-4-8(2)10-6-5-7-11-9(10)3/h4-7H,1-3H3/b8-4-. The zero-order valence-electron chi connectivity index (χ0n) is 7.26. The summed E-state index contributed by atoms with van der Waals surface area (Å²) in [6.45, 7) is 6.17. The van der Waals surface area contributed by atoms with E-state index in [1.54, 1.807) is 0 Å². The van der Waals surface area contributed by atoms with Gasteiger partial charge in [0.1, 0.15) is 0 Å². The molecule has 0 aromatic carbocycles. The lowest BCUT2D eigenvalue weighted by molar-refractivity contribution is 1.18. The first kappa shape index (κ1) is 7.99. The predicted octanol–water partition coefficient (Wildman–Crippen LogP) is 2.81. The molecule has 1 heteroatoms. The minimum Gasteiger partial charge on any atom is -0.261 e. The van der Waals surface area contributed by atoms with Crippen molar-refractivity contribution in [3.63, 3.8) is 0 Å². The summed E-state index contributed by atoms with van der Waals surface area (Å²) in [4.78, 5) is 4.21. The molecule has 1 aromatic rings. The first-order valence-electron chi connectivity index (χ1n) is 3.80. The highest BCUT2D eigenvalue weighted by molar-refractivity contribution is 5.64. The summed E-state index contributed by atoms with van der Waals surface area (Å²) in [5.74, 6) is 0. The molecule has 58 valence electrons. The molecule has 0 aliphatic carbocycles. The van der Waals surface area contributed by atoms with Gasteiger partial charge in [-0.05, 0) is 38.0 Å². The first-order valence-corrected chi connectivity index (χ1v) is 3.80. The lowest BCUT2D eigenvalue weighted by atomic mass is 10.1. The third-order valence-corrected chi connectivity index (χ3v) is 1.86. The normalized spacial score (nSPS) is 11.7. The second-order valence-corrected chi connectivity index (χ2v) is 2.61. The van der Waals surface area contributed by atoms with Crippen LogP contribution in [0.15, 0.2) is 24.4 Å². The van der Waals surface area contributed by atoms with E-state index in [-0.39, 0.29) is 0 Å². The second-order valence-electron chi connectivity index (χ2n) is 2.61. The quantitative estimate of drug-likeness (QED) is 0.595. The van der Waals surface area contributed by atoms with Crippen LogP contribution in [0.1, 0.15) is 25.1 Å². The summed E-state index contributed by atoms with van der Waals surface area (Å²) in [6, 6.07) is 4.06. The molecule has 0 N–H and O–H groups in total. The van der Waals surface area contributed by atoms with E-state index in [0.29, 0.717) is 0 Å². The smallest absolute Gasteiger partial charge is 0.0447 e. The molecular weight excluding hydrogens is 134 g/mol. The molecule has 1 rings (SSSR count). The summed E-state index contributed by atoms with van der Waals surface area (Å²) in [6.07, 6.45) is 3.92. The van der Waals surface area contributed by atoms with Gasteiger partial charge in [-0.3, -0.25) is 4.98 Å². The molecule has 0 saturated heterocycles. The van der Waals surface area contributed by atoms with Crippen LogP contribution >= 0.6 is 0 Å². The molecule has 11 heavy (non-hydrogen) atoms. The molecule has 0 spiro atoms. The van der Waals surface area contributed by atoms with Crippen LogP contribution in [0.4, 0.5) is 0 Å². The summed E-state index contributed by atoms with van der Waals surface area (Å²) < 4.78 is 0. The fourth-order valence-electron chi connectivity index (χ4n) is 1.06. The molecule has 0 aliphatic heterocycles. The van der Waals surface area contributed by atoms with Crippen molar-refractivity contribution in [3.05, 3.63) is 35.7 Å². The van der Waals surface area contributed by atoms with Crippen molar-refractivity contribution >= 4 is 5.57 Å². The van der Waals surface area contributed by atoms with Crippen LogP contribution in [-0.2, 0) is 0 Å². The monoisotopic (exact) mass is 147 g/mol. The summed E-state index contributed by atoms with van der Waals surface area (Å²) in [7, 11) is 0. The van der Waals surface area contributed by atoms with Gasteiger partial charge in [0.2, 0.25) is 0 Å². The van der Waals surface area contributed by atoms with E-state index in [0.717, 1.165) is 5.69 Å². The molecule has 0 unspecified atom stereocenters. The number of nitrogens with zero attached hydrogens (tertiary/aromatic N) is 1. The number of pyridine rings is 1. The number of allylic oxidation sites excluding steroid dienone is 2. The van der Waals surface area contributed by atoms with Crippen LogP contribution in [0.5, 0.6) is 0 Å². The molecule has 1 aromatic heterocycles. The van der Waals surface area contributed by atoms with E-state index in [4.69, 9.17) is 0 Å². The van der Waals surface area contributed by atoms with E-state index in [1.807, 2.05) is 26.1 Å². The molecule has 0 bridgehead atoms. The number of aromatic nitrogens is 1. The number of hydrogen-bond donors (Lipinski definition) is 0. The largest absolute Gasteiger partial charge is 0.261 e. The lowest BCUT2D eigenvalue weighted by Crippen LogP contribution is -1.87. The van der Waals surface area contributed by atoms with E-state index >= 15 is 0 Å². The highest BCUT2D eigenvalue weighted by Crippen LogP contribution is 2.14. The summed E-state index contributed by atoms with van der Waals surface area (Å²) >= 11 is 0. The Morgan fingerprint density at radius 2 is 2.27 bits per heavy atom. The van der Waals surface area contributed by atoms with Crippen LogP contribution in [-0.4, -0.2) is 4.98 Å². The van der Waals surface area contributed by atoms with Crippen molar-refractivity contribution in [2.45, 2.75) is 20.8 Å². The predicted molar refractivity (Wildman–Crippen MR) is 48.3 cm³/mol. The van der Waals surface area contributed by atoms with Gasteiger partial charge in [-0.15, -0.1) is 0 Å². The molecule has 0 atom stereocenters. The maximum absolute atomic E-state index is 4.21. The minimum absolute atomic E-state index is 1.10. The Hall–Kier alpha value is -1.11. The van der Waals surface area contributed by atoms with Crippen LogP contribution in [0.3, 0.4) is 0 Å². The summed E-state index contributed by atoms with van der Waals surface area (Å²) in [5.41, 5.74) is 3.63. The van der Waals surface area contributed by atoms with Crippen molar-refractivity contribution in [2.24, 2.45) is 0 Å². The molecule has 0 saturated carbocycles. The average Bonchev–Trinajstić information content (AvgIpc) is 2.04. The van der Waals surface area contributed by atoms with Gasteiger partial charge in [-0.2, -0.15) is 0 Å². The van der Waals surface area contributed by atoms with Crippen molar-refractivity contribution in [2.75, 3.05) is 0 Å². The van der Waals surface area contributed by atoms with E-state index in [1.165, 1.54) is 11.1 Å². The molecule has 0 radical (unpaired) electrons. The maximum atomic E-state index is 4.21. The Labute approximate surface area is 67.8 Å². The highest BCUT2D eigenvalue weighted by atomic mass is 14.7. The van der Waals surface area contributed by atoms with Gasteiger partial charge in [0.05, 0.1) is 0 Å². The van der Waals surface area contributed by atoms with Gasteiger partial charge < -0.3 is 0 Å². The molecule has 0 amide bonds. The Bertz CT molecular complexity index is 274. The number of aryl methyl sites for hydroxylation is 1. The SMILES string of the molecule is C/C=C(/C)c1cccnc1C. The molecule has 0 aliphatic rings. The number of hydrogen-bond acceptors (Lipinski definition) is 1. The first-order chi connectivity index (χ1) is 5.25. The number of rotatable bonds is 1. The zero-order chi connectivity index (χ0) is 8.27. The average molecular weight is 147 g/mol. The lowest BCUT2D eigenvalue weighted by Gasteiger charge is -2.02. The third kappa shape index (κ3) is 1.67. The van der Waals surface area contributed by atoms with Gasteiger partial charge in [0, 0.05) is 11.9 Å². The Kier molecular flexibility index (Phi) is 2.42. The Morgan fingerprint density at radius 3 is 2.82 bits per heavy atom. The molecular formula is C10H13N. The fourth-order valence-corrected chi connectivity index (χ4v) is 1.06. The van der Waals surface area contributed by atoms with Crippen LogP contribution in [0.2, 0.25) is 0 Å². The third-order valence-electron chi connectivity index (χ3n) is 1.86. The Morgan fingerprint density at radius 1 is 1.55 bits per heavy atom. The van der Waals surface area contributed by atoms with E-state index in [9.17, 15) is 0 Å². The van der Waals surface area contributed by atoms with Crippen LogP contribution < -0.4 is 0 Å². The zero-order valence-corrected chi connectivity index (χ0v) is 7.26. The minimum atomic E-state index is 1.10. The van der Waals surface area contributed by atoms with Crippen molar-refractivity contribution in [3.8, 4) is 0 Å². The van der Waals surface area contributed by atoms with Gasteiger partial charge in [0.15, 0.2) is 0 Å². The highest BCUT2D eigenvalue weighted by Gasteiger charge is 1.97. The van der Waals surface area contributed by atoms with Crippen molar-refractivity contribution in [1.82, 2.24) is 4.98 Å². The van der Waals surface area contributed by atoms with Crippen molar-refractivity contribution < 1.29 is 0 Å². The molecule has 1 heterocycles. The van der Waals surface area contributed by atoms with Gasteiger partial charge >= 0.3 is 0 Å². The molecule has 1 nitrogen and oxygen atoms in total. The summed E-state index contributed by atoms with van der Waals surface area (Å²) in [5, 5.41) is 0. The van der Waals surface area contributed by atoms with E-state index in [2.05, 4.69) is 24.1 Å². The van der Waals surface area contributed by atoms with E-state index < -0.39 is 0 Å².